The summed E-state index contributed by atoms with van der Waals surface area (Å²) in [6.07, 6.45) is 4.07. The minimum atomic E-state index is 0.239. The molecule has 0 amide bonds. The predicted octanol–water partition coefficient (Wildman–Crippen LogP) is 3.67. The van der Waals surface area contributed by atoms with Gasteiger partial charge in [-0.15, -0.1) is 10.2 Å². The first-order valence-electron chi connectivity index (χ1n) is 7.59. The number of aromatic hydroxyl groups is 1. The van der Waals surface area contributed by atoms with Crippen LogP contribution in [0.15, 0.2) is 53.8 Å². The summed E-state index contributed by atoms with van der Waals surface area (Å²) >= 11 is 1.64. The Hall–Kier alpha value is -2.34. The molecule has 3 aromatic rings. The Morgan fingerprint density at radius 2 is 1.91 bits per heavy atom. The Bertz CT molecular complexity index is 814. The normalized spacial score (nSPS) is 14.1. The Labute approximate surface area is 138 Å². The third-order valence-corrected chi connectivity index (χ3v) is 4.77. The molecule has 0 unspecified atom stereocenters. The molecule has 0 aliphatic heterocycles. The number of aromatic nitrogens is 4. The van der Waals surface area contributed by atoms with Crippen LogP contribution in [0.4, 0.5) is 0 Å². The van der Waals surface area contributed by atoms with Crippen molar-refractivity contribution in [3.05, 3.63) is 54.4 Å². The molecule has 1 fully saturated rings. The Morgan fingerprint density at radius 1 is 1.09 bits per heavy atom. The van der Waals surface area contributed by atoms with Gasteiger partial charge in [-0.25, -0.2) is 0 Å². The van der Waals surface area contributed by atoms with Crippen LogP contribution < -0.4 is 0 Å². The van der Waals surface area contributed by atoms with Gasteiger partial charge in [-0.1, -0.05) is 30.0 Å². The second kappa shape index (κ2) is 6.04. The number of thioether (sulfide) groups is 1. The van der Waals surface area contributed by atoms with Crippen LogP contribution in [0, 0.1) is 0 Å². The molecule has 1 aliphatic rings. The zero-order valence-corrected chi connectivity index (χ0v) is 13.3. The van der Waals surface area contributed by atoms with Gasteiger partial charge >= 0.3 is 0 Å². The van der Waals surface area contributed by atoms with Gasteiger partial charge in [0.25, 0.3) is 0 Å². The monoisotopic (exact) mass is 324 g/mol. The number of pyridine rings is 1. The van der Waals surface area contributed by atoms with Crippen LogP contribution in [0.2, 0.25) is 0 Å². The molecule has 1 saturated carbocycles. The van der Waals surface area contributed by atoms with E-state index in [2.05, 4.69) is 19.7 Å². The van der Waals surface area contributed by atoms with Crippen molar-refractivity contribution >= 4 is 11.8 Å². The predicted molar refractivity (Wildman–Crippen MR) is 89.2 cm³/mol. The summed E-state index contributed by atoms with van der Waals surface area (Å²) in [6.45, 7) is 0. The van der Waals surface area contributed by atoms with Crippen LogP contribution in [-0.2, 0) is 5.75 Å². The van der Waals surface area contributed by atoms with E-state index in [-0.39, 0.29) is 5.75 Å². The summed E-state index contributed by atoms with van der Waals surface area (Å²) in [5, 5.41) is 19.7. The number of benzene rings is 1. The fraction of sp³-hybridized carbons (Fsp3) is 0.235. The minimum absolute atomic E-state index is 0.239. The topological polar surface area (TPSA) is 63.8 Å². The summed E-state index contributed by atoms with van der Waals surface area (Å²) in [4.78, 5) is 4.34. The van der Waals surface area contributed by atoms with Gasteiger partial charge in [-0.3, -0.25) is 9.55 Å². The Kier molecular flexibility index (Phi) is 3.75. The molecule has 1 N–H and O–H groups in total. The third-order valence-electron chi connectivity index (χ3n) is 3.80. The number of phenolic OH excluding ortho intramolecular Hbond substituents is 1. The highest BCUT2D eigenvalue weighted by atomic mass is 32.2. The van der Waals surface area contributed by atoms with Gasteiger partial charge in [-0.2, -0.15) is 0 Å². The lowest BCUT2D eigenvalue weighted by Crippen LogP contribution is -2.00. The van der Waals surface area contributed by atoms with Gasteiger partial charge in [0.05, 0.1) is 11.3 Å². The summed E-state index contributed by atoms with van der Waals surface area (Å²) in [7, 11) is 0. The number of phenols is 1. The van der Waals surface area contributed by atoms with Crippen molar-refractivity contribution in [2.75, 3.05) is 0 Å². The average Bonchev–Trinajstić information content (AvgIpc) is 3.34. The smallest absolute Gasteiger partial charge is 0.192 e. The van der Waals surface area contributed by atoms with E-state index in [9.17, 15) is 5.11 Å². The van der Waals surface area contributed by atoms with Crippen LogP contribution in [0.25, 0.3) is 11.4 Å². The molecule has 1 aliphatic carbocycles. The summed E-state index contributed by atoms with van der Waals surface area (Å²) in [5.41, 5.74) is 1.75. The van der Waals surface area contributed by atoms with E-state index in [0.717, 1.165) is 40.8 Å². The second-order valence-electron chi connectivity index (χ2n) is 5.53. The van der Waals surface area contributed by atoms with Crippen LogP contribution in [0.3, 0.4) is 0 Å². The molecule has 0 bridgehead atoms. The summed E-state index contributed by atoms with van der Waals surface area (Å²) in [6, 6.07) is 13.6. The van der Waals surface area contributed by atoms with Crippen molar-refractivity contribution in [2.24, 2.45) is 0 Å². The maximum atomic E-state index is 10.1. The largest absolute Gasteiger partial charge is 0.507 e. The van der Waals surface area contributed by atoms with Crippen molar-refractivity contribution in [3.63, 3.8) is 0 Å². The van der Waals surface area contributed by atoms with Crippen LogP contribution >= 0.6 is 11.8 Å². The highest BCUT2D eigenvalue weighted by Gasteiger charge is 2.30. The Balaban J connectivity index is 1.65. The molecule has 0 saturated heterocycles. The molecule has 5 nitrogen and oxygen atoms in total. The van der Waals surface area contributed by atoms with Crippen molar-refractivity contribution in [1.82, 2.24) is 19.7 Å². The number of rotatable bonds is 5. The number of para-hydroxylation sites is 1. The molecule has 1 aromatic carbocycles. The quantitative estimate of drug-likeness (QED) is 0.725. The SMILES string of the molecule is Oc1ccccc1-c1nnc(SCc2ccccn2)n1C1CC1. The van der Waals surface area contributed by atoms with E-state index in [4.69, 9.17) is 0 Å². The molecule has 4 rings (SSSR count). The molecular weight excluding hydrogens is 308 g/mol. The molecular formula is C17H16N4OS. The highest BCUT2D eigenvalue weighted by Crippen LogP contribution is 2.42. The van der Waals surface area contributed by atoms with Gasteiger partial charge < -0.3 is 5.11 Å². The van der Waals surface area contributed by atoms with Crippen molar-refractivity contribution in [1.29, 1.82) is 0 Å². The Morgan fingerprint density at radius 3 is 2.65 bits per heavy atom. The molecule has 0 radical (unpaired) electrons. The standard InChI is InChI=1S/C17H16N4OS/c22-15-7-2-1-6-14(15)16-19-20-17(21(16)13-8-9-13)23-11-12-5-3-4-10-18-12/h1-7,10,13,22H,8-9,11H2. The van der Waals surface area contributed by atoms with Crippen LogP contribution in [-0.4, -0.2) is 24.9 Å². The van der Waals surface area contributed by atoms with Gasteiger partial charge in [0.2, 0.25) is 0 Å². The molecule has 0 spiro atoms. The van der Waals surface area contributed by atoms with E-state index in [1.807, 2.05) is 36.4 Å². The molecule has 0 atom stereocenters. The fourth-order valence-corrected chi connectivity index (χ4v) is 3.43. The lowest BCUT2D eigenvalue weighted by atomic mass is 10.2. The second-order valence-corrected chi connectivity index (χ2v) is 6.48. The van der Waals surface area contributed by atoms with Gasteiger partial charge in [0.1, 0.15) is 5.75 Å². The molecule has 6 heteroatoms. The molecule has 2 aromatic heterocycles. The zero-order chi connectivity index (χ0) is 15.6. The van der Waals surface area contributed by atoms with E-state index >= 15 is 0 Å². The van der Waals surface area contributed by atoms with Gasteiger partial charge in [-0.05, 0) is 37.1 Å². The van der Waals surface area contributed by atoms with Gasteiger partial charge in [0, 0.05) is 18.0 Å². The summed E-state index contributed by atoms with van der Waals surface area (Å²) < 4.78 is 2.16. The van der Waals surface area contributed by atoms with Gasteiger partial charge in [0.15, 0.2) is 11.0 Å². The van der Waals surface area contributed by atoms with Crippen LogP contribution in [0.5, 0.6) is 5.75 Å². The van der Waals surface area contributed by atoms with E-state index in [1.165, 1.54) is 0 Å². The maximum absolute atomic E-state index is 10.1. The van der Waals surface area contributed by atoms with Crippen molar-refractivity contribution < 1.29 is 5.11 Å². The fourth-order valence-electron chi connectivity index (χ4n) is 2.51. The summed E-state index contributed by atoms with van der Waals surface area (Å²) in [5.74, 6) is 1.74. The highest BCUT2D eigenvalue weighted by molar-refractivity contribution is 7.98. The molecule has 2 heterocycles. The number of hydrogen-bond acceptors (Lipinski definition) is 5. The third kappa shape index (κ3) is 2.94. The van der Waals surface area contributed by atoms with E-state index in [0.29, 0.717) is 6.04 Å². The van der Waals surface area contributed by atoms with Crippen molar-refractivity contribution in [3.8, 4) is 17.1 Å². The zero-order valence-electron chi connectivity index (χ0n) is 12.5. The number of nitrogens with zero attached hydrogens (tertiary/aromatic N) is 4. The molecule has 116 valence electrons. The van der Waals surface area contributed by atoms with E-state index in [1.54, 1.807) is 24.0 Å². The first kappa shape index (κ1) is 14.3. The van der Waals surface area contributed by atoms with E-state index < -0.39 is 0 Å². The lowest BCUT2D eigenvalue weighted by molar-refractivity contribution is 0.476. The first-order valence-corrected chi connectivity index (χ1v) is 8.57. The van der Waals surface area contributed by atoms with Crippen LogP contribution in [0.1, 0.15) is 24.6 Å². The first-order chi connectivity index (χ1) is 11.3. The molecule has 23 heavy (non-hydrogen) atoms. The average molecular weight is 324 g/mol. The lowest BCUT2D eigenvalue weighted by Gasteiger charge is -2.09. The maximum Gasteiger partial charge on any atom is 0.192 e. The number of hydrogen-bond donors (Lipinski definition) is 1. The minimum Gasteiger partial charge on any atom is -0.507 e. The van der Waals surface area contributed by atoms with Crippen molar-refractivity contribution in [2.45, 2.75) is 29.8 Å².